The fourth-order valence-corrected chi connectivity index (χ4v) is 3.63. The number of fused-ring (bicyclic) bond motifs is 1. The van der Waals surface area contributed by atoms with Gasteiger partial charge in [0.1, 0.15) is 22.1 Å². The largest absolute Gasteiger partial charge is 0.297 e. The van der Waals surface area contributed by atoms with Crippen molar-refractivity contribution in [3.05, 3.63) is 58.0 Å². The van der Waals surface area contributed by atoms with Gasteiger partial charge in [-0.15, -0.1) is 0 Å². The number of hydrogen-bond donors (Lipinski definition) is 1. The van der Waals surface area contributed by atoms with Gasteiger partial charge in [0.05, 0.1) is 5.69 Å². The third kappa shape index (κ3) is 3.02. The minimum absolute atomic E-state index is 0.131. The topological polar surface area (TPSA) is 85.5 Å². The van der Waals surface area contributed by atoms with Crippen LogP contribution in [0.1, 0.15) is 18.3 Å². The summed E-state index contributed by atoms with van der Waals surface area (Å²) in [5.74, 6) is -0.134. The van der Waals surface area contributed by atoms with E-state index in [4.69, 9.17) is 0 Å². The highest BCUT2D eigenvalue weighted by Gasteiger charge is 2.21. The summed E-state index contributed by atoms with van der Waals surface area (Å²) in [4.78, 5) is 12.1. The van der Waals surface area contributed by atoms with Crippen molar-refractivity contribution in [2.75, 3.05) is 4.72 Å². The summed E-state index contributed by atoms with van der Waals surface area (Å²) in [7, 11) is -2.55. The molecule has 0 aliphatic carbocycles. The highest BCUT2D eigenvalue weighted by Crippen LogP contribution is 2.22. The Balaban J connectivity index is 2.13. The molecule has 0 aliphatic heterocycles. The minimum atomic E-state index is -4.06. The molecule has 25 heavy (non-hydrogen) atoms. The summed E-state index contributed by atoms with van der Waals surface area (Å²) in [6, 6.07) is 5.40. The van der Waals surface area contributed by atoms with Gasteiger partial charge in [0.25, 0.3) is 15.6 Å². The molecule has 0 amide bonds. The van der Waals surface area contributed by atoms with Crippen LogP contribution in [-0.4, -0.2) is 22.6 Å². The van der Waals surface area contributed by atoms with E-state index in [0.717, 1.165) is 4.68 Å². The molecule has 0 saturated carbocycles. The second kappa shape index (κ2) is 5.99. The number of anilines is 1. The van der Waals surface area contributed by atoms with Crippen LogP contribution in [0.3, 0.4) is 0 Å². The average molecular weight is 364 g/mol. The van der Waals surface area contributed by atoms with Gasteiger partial charge in [-0.25, -0.2) is 17.5 Å². The normalized spacial score (nSPS) is 11.8. The van der Waals surface area contributed by atoms with E-state index in [-0.39, 0.29) is 16.1 Å². The van der Waals surface area contributed by atoms with Crippen LogP contribution in [0.25, 0.3) is 5.52 Å². The van der Waals surface area contributed by atoms with Crippen LogP contribution in [0.5, 0.6) is 0 Å². The lowest BCUT2D eigenvalue weighted by molar-refractivity contribution is 0.598. The van der Waals surface area contributed by atoms with Gasteiger partial charge in [-0.2, -0.15) is 5.10 Å². The Hall–Kier alpha value is -2.68. The molecule has 3 aromatic rings. The summed E-state index contributed by atoms with van der Waals surface area (Å²) in [5.41, 5.74) is 0.351. The van der Waals surface area contributed by atoms with Gasteiger partial charge in [-0.3, -0.25) is 13.9 Å². The first-order chi connectivity index (χ1) is 11.7. The third-order valence-corrected chi connectivity index (χ3v) is 5.18. The first-order valence-electron chi connectivity index (χ1n) is 7.60. The molecule has 0 atom stereocenters. The second-order valence-corrected chi connectivity index (χ2v) is 7.40. The predicted octanol–water partition coefficient (Wildman–Crippen LogP) is 1.84. The fraction of sp³-hybridized carbons (Fsp3) is 0.250. The van der Waals surface area contributed by atoms with E-state index in [1.54, 1.807) is 13.0 Å². The van der Waals surface area contributed by atoms with Crippen molar-refractivity contribution in [3.8, 4) is 0 Å². The summed E-state index contributed by atoms with van der Waals surface area (Å²) in [6.07, 6.45) is 1.83. The van der Waals surface area contributed by atoms with Gasteiger partial charge in [-0.05, 0) is 30.7 Å². The number of benzene rings is 1. The smallest absolute Gasteiger partial charge is 0.290 e. The number of sulfonamides is 1. The molecular weight excluding hydrogens is 347 g/mol. The molecule has 9 heteroatoms. The molecule has 0 fully saturated rings. The number of hydrogen-bond acceptors (Lipinski definition) is 4. The van der Waals surface area contributed by atoms with Gasteiger partial charge in [-0.1, -0.05) is 13.0 Å². The lowest BCUT2D eigenvalue weighted by Crippen LogP contribution is -2.23. The Morgan fingerprint density at radius 3 is 2.68 bits per heavy atom. The molecule has 7 nitrogen and oxygen atoms in total. The number of aromatic nitrogens is 3. The Kier molecular flexibility index (Phi) is 4.11. The molecule has 0 radical (unpaired) electrons. The van der Waals surface area contributed by atoms with E-state index < -0.39 is 21.4 Å². The van der Waals surface area contributed by atoms with Crippen LogP contribution in [0.15, 0.2) is 40.2 Å². The molecule has 1 aromatic carbocycles. The molecule has 0 unspecified atom stereocenters. The lowest BCUT2D eigenvalue weighted by Gasteiger charge is -2.08. The molecule has 0 bridgehead atoms. The van der Waals surface area contributed by atoms with Gasteiger partial charge < -0.3 is 0 Å². The standard InChI is InChI=1S/C16H17FN4O3S/c1-4-15-18-20(3)16(22)14-8-11(9-21(14)15)25(23,24)19-13-7-10(2)5-6-12(13)17/h5-9,19H,4H2,1-3H3. The quantitative estimate of drug-likeness (QED) is 0.765. The van der Waals surface area contributed by atoms with Gasteiger partial charge >= 0.3 is 0 Å². The SMILES string of the molecule is CCc1nn(C)c(=O)c2cc(S(=O)(=O)Nc3cc(C)ccc3F)cn12. The highest BCUT2D eigenvalue weighted by molar-refractivity contribution is 7.92. The first kappa shape index (κ1) is 17.2. The second-order valence-electron chi connectivity index (χ2n) is 5.72. The molecule has 1 N–H and O–H groups in total. The van der Waals surface area contributed by atoms with E-state index >= 15 is 0 Å². The molecule has 132 valence electrons. The molecule has 0 saturated heterocycles. The number of nitrogens with one attached hydrogen (secondary N) is 1. The number of nitrogens with zero attached hydrogens (tertiary/aromatic N) is 3. The van der Waals surface area contributed by atoms with E-state index in [9.17, 15) is 17.6 Å². The maximum Gasteiger partial charge on any atom is 0.290 e. The first-order valence-corrected chi connectivity index (χ1v) is 9.08. The Morgan fingerprint density at radius 2 is 2.00 bits per heavy atom. The Bertz CT molecular complexity index is 1130. The average Bonchev–Trinajstić information content (AvgIpc) is 3.01. The van der Waals surface area contributed by atoms with Gasteiger partial charge in [0.2, 0.25) is 0 Å². The van der Waals surface area contributed by atoms with Crippen molar-refractivity contribution in [1.82, 2.24) is 14.2 Å². The molecule has 3 rings (SSSR count). The number of halogens is 1. The van der Waals surface area contributed by atoms with Crippen LogP contribution in [0.4, 0.5) is 10.1 Å². The molecule has 0 aliphatic rings. The van der Waals surface area contributed by atoms with Crippen molar-refractivity contribution in [3.63, 3.8) is 0 Å². The van der Waals surface area contributed by atoms with Gasteiger partial charge in [0, 0.05) is 19.7 Å². The Labute approximate surface area is 143 Å². The monoisotopic (exact) mass is 364 g/mol. The zero-order valence-corrected chi connectivity index (χ0v) is 14.8. The summed E-state index contributed by atoms with van der Waals surface area (Å²) in [6.45, 7) is 3.58. The van der Waals surface area contributed by atoms with E-state index in [1.165, 1.54) is 35.8 Å². The van der Waals surface area contributed by atoms with E-state index in [2.05, 4.69) is 9.82 Å². The van der Waals surface area contributed by atoms with Crippen molar-refractivity contribution in [1.29, 1.82) is 0 Å². The van der Waals surface area contributed by atoms with Crippen molar-refractivity contribution in [2.24, 2.45) is 7.05 Å². The maximum atomic E-state index is 13.9. The number of rotatable bonds is 4. The lowest BCUT2D eigenvalue weighted by atomic mass is 10.2. The zero-order chi connectivity index (χ0) is 18.4. The van der Waals surface area contributed by atoms with E-state index in [0.29, 0.717) is 17.8 Å². The van der Waals surface area contributed by atoms with Crippen LogP contribution in [-0.2, 0) is 23.5 Å². The van der Waals surface area contributed by atoms with E-state index in [1.807, 2.05) is 6.92 Å². The summed E-state index contributed by atoms with van der Waals surface area (Å²) < 4.78 is 43.9. The molecule has 2 heterocycles. The predicted molar refractivity (Wildman–Crippen MR) is 91.8 cm³/mol. The van der Waals surface area contributed by atoms with Crippen LogP contribution in [0.2, 0.25) is 0 Å². The third-order valence-electron chi connectivity index (χ3n) is 3.84. The van der Waals surface area contributed by atoms with Gasteiger partial charge in [0.15, 0.2) is 0 Å². The Morgan fingerprint density at radius 1 is 1.28 bits per heavy atom. The minimum Gasteiger partial charge on any atom is -0.297 e. The maximum absolute atomic E-state index is 13.9. The summed E-state index contributed by atoms with van der Waals surface area (Å²) >= 11 is 0. The fourth-order valence-electron chi connectivity index (χ4n) is 2.56. The molecule has 0 spiro atoms. The zero-order valence-electron chi connectivity index (χ0n) is 13.9. The van der Waals surface area contributed by atoms with Crippen molar-refractivity contribution < 1.29 is 12.8 Å². The molecule has 2 aromatic heterocycles. The van der Waals surface area contributed by atoms with Crippen molar-refractivity contribution in [2.45, 2.75) is 25.2 Å². The number of aryl methyl sites for hydroxylation is 3. The van der Waals surface area contributed by atoms with Crippen LogP contribution < -0.4 is 10.3 Å². The highest BCUT2D eigenvalue weighted by atomic mass is 32.2. The van der Waals surface area contributed by atoms with Crippen molar-refractivity contribution >= 4 is 21.2 Å². The molecular formula is C16H17FN4O3S. The van der Waals surface area contributed by atoms with Crippen LogP contribution >= 0.6 is 0 Å². The summed E-state index contributed by atoms with van der Waals surface area (Å²) in [5, 5.41) is 4.12. The van der Waals surface area contributed by atoms with Crippen LogP contribution in [0, 0.1) is 12.7 Å².